The Morgan fingerprint density at radius 2 is 2.18 bits per heavy atom. The molecule has 0 aliphatic rings. The van der Waals surface area contributed by atoms with Crippen molar-refractivity contribution in [3.8, 4) is 0 Å². The van der Waals surface area contributed by atoms with Gasteiger partial charge in [-0.05, 0) is 36.3 Å². The van der Waals surface area contributed by atoms with Gasteiger partial charge in [0.25, 0.3) is 0 Å². The molecule has 1 rings (SSSR count). The number of hydrogen-bond donors (Lipinski definition) is 1. The molecule has 0 aliphatic carbocycles. The third-order valence-corrected chi connectivity index (χ3v) is 3.44. The first kappa shape index (κ1) is 14.0. The summed E-state index contributed by atoms with van der Waals surface area (Å²) < 4.78 is 13.1. The van der Waals surface area contributed by atoms with Crippen molar-refractivity contribution >= 4 is 17.7 Å². The molecule has 0 fully saturated rings. The van der Waals surface area contributed by atoms with Crippen LogP contribution in [0.3, 0.4) is 0 Å². The average Bonchev–Trinajstić information content (AvgIpc) is 2.25. The molecule has 17 heavy (non-hydrogen) atoms. The molecule has 0 aliphatic heterocycles. The zero-order valence-electron chi connectivity index (χ0n) is 10.1. The van der Waals surface area contributed by atoms with Crippen molar-refractivity contribution in [3.63, 3.8) is 0 Å². The molecule has 0 saturated heterocycles. The molecule has 0 spiro atoms. The minimum absolute atomic E-state index is 0.251. The molecule has 0 aromatic heterocycles. The van der Waals surface area contributed by atoms with E-state index in [4.69, 9.17) is 5.11 Å². The first-order valence-corrected chi connectivity index (χ1v) is 6.65. The largest absolute Gasteiger partial charge is 0.478 e. The molecular formula is C13H17FO2S. The number of halogens is 1. The predicted molar refractivity (Wildman–Crippen MR) is 68.2 cm³/mol. The zero-order chi connectivity index (χ0) is 12.8. The van der Waals surface area contributed by atoms with Gasteiger partial charge in [-0.3, -0.25) is 0 Å². The average molecular weight is 256 g/mol. The number of carboxylic acids is 1. The number of carbonyl (C=O) groups is 1. The SMILES string of the molecule is CC(C)CCCSc1ccc(F)c(C(=O)O)c1. The Morgan fingerprint density at radius 3 is 2.76 bits per heavy atom. The number of benzene rings is 1. The van der Waals surface area contributed by atoms with Gasteiger partial charge in [-0.1, -0.05) is 20.3 Å². The second-order valence-electron chi connectivity index (χ2n) is 4.33. The van der Waals surface area contributed by atoms with Crippen LogP contribution in [0.1, 0.15) is 37.0 Å². The summed E-state index contributed by atoms with van der Waals surface area (Å²) in [5, 5.41) is 8.79. The van der Waals surface area contributed by atoms with E-state index in [1.807, 2.05) is 0 Å². The standard InChI is InChI=1S/C13H17FO2S/c1-9(2)4-3-7-17-10-5-6-12(14)11(8-10)13(15)16/h5-6,8-9H,3-4,7H2,1-2H3,(H,15,16). The van der Waals surface area contributed by atoms with Crippen molar-refractivity contribution in [2.24, 2.45) is 5.92 Å². The van der Waals surface area contributed by atoms with Gasteiger partial charge >= 0.3 is 5.97 Å². The van der Waals surface area contributed by atoms with Gasteiger partial charge in [-0.25, -0.2) is 9.18 Å². The molecule has 1 aromatic carbocycles. The molecule has 0 unspecified atom stereocenters. The summed E-state index contributed by atoms with van der Waals surface area (Å²) in [5.41, 5.74) is -0.251. The fourth-order valence-electron chi connectivity index (χ4n) is 1.44. The molecule has 0 heterocycles. The lowest BCUT2D eigenvalue weighted by Gasteiger charge is -2.05. The van der Waals surface area contributed by atoms with Gasteiger partial charge in [0.2, 0.25) is 0 Å². The van der Waals surface area contributed by atoms with E-state index in [0.717, 1.165) is 23.5 Å². The minimum Gasteiger partial charge on any atom is -0.478 e. The lowest BCUT2D eigenvalue weighted by Crippen LogP contribution is -2.00. The van der Waals surface area contributed by atoms with Crippen LogP contribution >= 0.6 is 11.8 Å². The maximum absolute atomic E-state index is 13.1. The maximum atomic E-state index is 13.1. The molecule has 94 valence electrons. The highest BCUT2D eigenvalue weighted by molar-refractivity contribution is 7.99. The van der Waals surface area contributed by atoms with E-state index >= 15 is 0 Å². The maximum Gasteiger partial charge on any atom is 0.338 e. The Balaban J connectivity index is 2.54. The summed E-state index contributed by atoms with van der Waals surface area (Å²) in [6, 6.07) is 4.24. The van der Waals surface area contributed by atoms with Crippen LogP contribution in [-0.4, -0.2) is 16.8 Å². The smallest absolute Gasteiger partial charge is 0.338 e. The van der Waals surface area contributed by atoms with E-state index in [2.05, 4.69) is 13.8 Å². The van der Waals surface area contributed by atoms with Crippen molar-refractivity contribution in [2.75, 3.05) is 5.75 Å². The van der Waals surface area contributed by atoms with E-state index in [1.165, 1.54) is 12.1 Å². The first-order valence-electron chi connectivity index (χ1n) is 5.66. The quantitative estimate of drug-likeness (QED) is 0.616. The summed E-state index contributed by atoms with van der Waals surface area (Å²) in [6.45, 7) is 4.34. The van der Waals surface area contributed by atoms with E-state index in [1.54, 1.807) is 17.8 Å². The van der Waals surface area contributed by atoms with Crippen LogP contribution in [0.4, 0.5) is 4.39 Å². The highest BCUT2D eigenvalue weighted by Gasteiger charge is 2.10. The van der Waals surface area contributed by atoms with Gasteiger partial charge in [0, 0.05) is 4.90 Å². The van der Waals surface area contributed by atoms with Crippen LogP contribution in [0.25, 0.3) is 0 Å². The number of hydrogen-bond acceptors (Lipinski definition) is 2. The van der Waals surface area contributed by atoms with Gasteiger partial charge in [-0.2, -0.15) is 0 Å². The number of carboxylic acid groups (broad SMARTS) is 1. The van der Waals surface area contributed by atoms with E-state index in [0.29, 0.717) is 5.92 Å². The van der Waals surface area contributed by atoms with Crippen LogP contribution in [-0.2, 0) is 0 Å². The normalized spacial score (nSPS) is 10.8. The second kappa shape index (κ2) is 6.64. The molecule has 0 atom stereocenters. The molecule has 2 nitrogen and oxygen atoms in total. The topological polar surface area (TPSA) is 37.3 Å². The monoisotopic (exact) mass is 256 g/mol. The summed E-state index contributed by atoms with van der Waals surface area (Å²) in [4.78, 5) is 11.6. The highest BCUT2D eigenvalue weighted by Crippen LogP contribution is 2.23. The Hall–Kier alpha value is -1.03. The number of thioether (sulfide) groups is 1. The van der Waals surface area contributed by atoms with Gasteiger partial charge in [0.05, 0.1) is 5.56 Å². The Labute approximate surface area is 105 Å². The molecule has 0 radical (unpaired) electrons. The van der Waals surface area contributed by atoms with E-state index < -0.39 is 11.8 Å². The van der Waals surface area contributed by atoms with Crippen molar-refractivity contribution < 1.29 is 14.3 Å². The van der Waals surface area contributed by atoms with Crippen molar-refractivity contribution in [1.82, 2.24) is 0 Å². The van der Waals surface area contributed by atoms with Gasteiger partial charge < -0.3 is 5.11 Å². The van der Waals surface area contributed by atoms with Crippen LogP contribution in [0.15, 0.2) is 23.1 Å². The molecule has 0 saturated carbocycles. The predicted octanol–water partition coefficient (Wildman–Crippen LogP) is 4.05. The van der Waals surface area contributed by atoms with Crippen LogP contribution in [0.2, 0.25) is 0 Å². The Kier molecular flexibility index (Phi) is 5.48. The van der Waals surface area contributed by atoms with Crippen molar-refractivity contribution in [3.05, 3.63) is 29.6 Å². The third kappa shape index (κ3) is 4.77. The Bertz CT molecular complexity index is 391. The molecule has 0 amide bonds. The number of aromatic carboxylic acids is 1. The molecule has 4 heteroatoms. The van der Waals surface area contributed by atoms with Crippen LogP contribution in [0, 0.1) is 11.7 Å². The van der Waals surface area contributed by atoms with Crippen molar-refractivity contribution in [2.45, 2.75) is 31.6 Å². The first-order chi connectivity index (χ1) is 8.00. The van der Waals surface area contributed by atoms with Gasteiger partial charge in [-0.15, -0.1) is 11.8 Å². The van der Waals surface area contributed by atoms with Crippen LogP contribution in [0.5, 0.6) is 0 Å². The molecule has 1 aromatic rings. The van der Waals surface area contributed by atoms with Crippen molar-refractivity contribution in [1.29, 1.82) is 0 Å². The third-order valence-electron chi connectivity index (χ3n) is 2.36. The molecule has 0 bridgehead atoms. The van der Waals surface area contributed by atoms with E-state index in [-0.39, 0.29) is 5.56 Å². The fraction of sp³-hybridized carbons (Fsp3) is 0.462. The van der Waals surface area contributed by atoms with Gasteiger partial charge in [0.1, 0.15) is 5.82 Å². The molecular weight excluding hydrogens is 239 g/mol. The second-order valence-corrected chi connectivity index (χ2v) is 5.50. The lowest BCUT2D eigenvalue weighted by molar-refractivity contribution is 0.0691. The Morgan fingerprint density at radius 1 is 1.47 bits per heavy atom. The van der Waals surface area contributed by atoms with E-state index in [9.17, 15) is 9.18 Å². The molecule has 1 N–H and O–H groups in total. The summed E-state index contributed by atoms with van der Waals surface area (Å²) in [6.07, 6.45) is 2.24. The summed E-state index contributed by atoms with van der Waals surface area (Å²) in [7, 11) is 0. The zero-order valence-corrected chi connectivity index (χ0v) is 10.9. The van der Waals surface area contributed by atoms with Crippen LogP contribution < -0.4 is 0 Å². The lowest BCUT2D eigenvalue weighted by atomic mass is 10.1. The number of rotatable bonds is 6. The fourth-order valence-corrected chi connectivity index (χ4v) is 2.35. The highest BCUT2D eigenvalue weighted by atomic mass is 32.2. The summed E-state index contributed by atoms with van der Waals surface area (Å²) in [5.74, 6) is -0.280. The summed E-state index contributed by atoms with van der Waals surface area (Å²) >= 11 is 1.57. The minimum atomic E-state index is -1.22. The van der Waals surface area contributed by atoms with Gasteiger partial charge in [0.15, 0.2) is 0 Å².